The summed E-state index contributed by atoms with van der Waals surface area (Å²) >= 11 is 0. The number of ether oxygens (including phenoxy) is 3. The number of hydrogen-bond acceptors (Lipinski definition) is 4. The van der Waals surface area contributed by atoms with Gasteiger partial charge in [0.25, 0.3) is 0 Å². The molecular formula is C10H19NO3. The van der Waals surface area contributed by atoms with Crippen LogP contribution >= 0.6 is 0 Å². The second-order valence-electron chi connectivity index (χ2n) is 3.27. The van der Waals surface area contributed by atoms with Gasteiger partial charge in [0.15, 0.2) is 0 Å². The second kappa shape index (κ2) is 6.81. The van der Waals surface area contributed by atoms with E-state index in [0.29, 0.717) is 19.8 Å². The molecule has 2 N–H and O–H groups in total. The van der Waals surface area contributed by atoms with Crippen LogP contribution in [0.2, 0.25) is 0 Å². The maximum atomic E-state index is 5.87. The molecule has 1 aliphatic rings. The van der Waals surface area contributed by atoms with Crippen LogP contribution in [0, 0.1) is 0 Å². The summed E-state index contributed by atoms with van der Waals surface area (Å²) in [5.74, 6) is 0.869. The third-order valence-corrected chi connectivity index (χ3v) is 2.06. The molecule has 0 saturated heterocycles. The summed E-state index contributed by atoms with van der Waals surface area (Å²) in [6.07, 6.45) is 4.19. The Kier molecular flexibility index (Phi) is 5.59. The summed E-state index contributed by atoms with van der Waals surface area (Å²) in [6.45, 7) is 2.46. The molecule has 0 aliphatic carbocycles. The van der Waals surface area contributed by atoms with Crippen LogP contribution in [0.5, 0.6) is 0 Å². The fourth-order valence-corrected chi connectivity index (χ4v) is 1.27. The fraction of sp³-hybridized carbons (Fsp3) is 0.800. The first-order valence-electron chi connectivity index (χ1n) is 4.99. The smallest absolute Gasteiger partial charge is 0.111 e. The average molecular weight is 201 g/mol. The van der Waals surface area contributed by atoms with Crippen molar-refractivity contribution in [2.75, 3.05) is 33.5 Å². The first-order chi connectivity index (χ1) is 6.84. The van der Waals surface area contributed by atoms with Gasteiger partial charge in [-0.2, -0.15) is 0 Å². The number of rotatable bonds is 6. The maximum Gasteiger partial charge on any atom is 0.111 e. The van der Waals surface area contributed by atoms with E-state index in [1.165, 1.54) is 0 Å². The van der Waals surface area contributed by atoms with Gasteiger partial charge in [0.1, 0.15) is 5.76 Å². The van der Waals surface area contributed by atoms with Gasteiger partial charge in [-0.05, 0) is 18.9 Å². The molecule has 1 atom stereocenters. The molecule has 14 heavy (non-hydrogen) atoms. The lowest BCUT2D eigenvalue weighted by molar-refractivity contribution is 0.0565. The monoisotopic (exact) mass is 201 g/mol. The lowest BCUT2D eigenvalue weighted by Crippen LogP contribution is -2.31. The zero-order valence-corrected chi connectivity index (χ0v) is 8.70. The summed E-state index contributed by atoms with van der Waals surface area (Å²) in [7, 11) is 1.65. The minimum Gasteiger partial charge on any atom is -0.497 e. The van der Waals surface area contributed by atoms with E-state index in [2.05, 4.69) is 0 Å². The Labute approximate surface area is 85.0 Å². The zero-order chi connectivity index (χ0) is 10.2. The molecule has 4 nitrogen and oxygen atoms in total. The first kappa shape index (κ1) is 11.5. The van der Waals surface area contributed by atoms with Gasteiger partial charge in [-0.25, -0.2) is 0 Å². The van der Waals surface area contributed by atoms with Crippen LogP contribution in [0.15, 0.2) is 11.8 Å². The Hall–Kier alpha value is -0.580. The van der Waals surface area contributed by atoms with Gasteiger partial charge < -0.3 is 19.9 Å². The predicted molar refractivity (Wildman–Crippen MR) is 53.9 cm³/mol. The minimum atomic E-state index is -0.132. The van der Waals surface area contributed by atoms with E-state index in [1.807, 2.05) is 6.08 Å². The van der Waals surface area contributed by atoms with Crippen molar-refractivity contribution in [1.82, 2.24) is 0 Å². The zero-order valence-electron chi connectivity index (χ0n) is 8.70. The largest absolute Gasteiger partial charge is 0.497 e. The van der Waals surface area contributed by atoms with Crippen LogP contribution in [0.4, 0.5) is 0 Å². The SMILES string of the molecule is COCCOCC(N)C1=CCCCO1. The number of methoxy groups -OCH3 is 1. The topological polar surface area (TPSA) is 53.7 Å². The number of hydrogen-bond donors (Lipinski definition) is 1. The van der Waals surface area contributed by atoms with E-state index in [0.717, 1.165) is 25.2 Å². The van der Waals surface area contributed by atoms with Crippen LogP contribution in [0.1, 0.15) is 12.8 Å². The highest BCUT2D eigenvalue weighted by molar-refractivity contribution is 5.04. The van der Waals surface area contributed by atoms with Crippen molar-refractivity contribution >= 4 is 0 Å². The Morgan fingerprint density at radius 2 is 2.43 bits per heavy atom. The van der Waals surface area contributed by atoms with Crippen molar-refractivity contribution in [3.8, 4) is 0 Å². The van der Waals surface area contributed by atoms with Gasteiger partial charge in [-0.1, -0.05) is 0 Å². The Bertz CT molecular complexity index is 182. The van der Waals surface area contributed by atoms with E-state index in [-0.39, 0.29) is 6.04 Å². The summed E-state index contributed by atoms with van der Waals surface area (Å²) in [5, 5.41) is 0. The molecule has 0 aromatic heterocycles. The van der Waals surface area contributed by atoms with Crippen LogP contribution in [0.25, 0.3) is 0 Å². The quantitative estimate of drug-likeness (QED) is 0.642. The molecule has 1 aliphatic heterocycles. The molecule has 1 unspecified atom stereocenters. The van der Waals surface area contributed by atoms with E-state index >= 15 is 0 Å². The van der Waals surface area contributed by atoms with Crippen molar-refractivity contribution in [3.05, 3.63) is 11.8 Å². The number of nitrogens with two attached hydrogens (primary N) is 1. The second-order valence-corrected chi connectivity index (χ2v) is 3.27. The van der Waals surface area contributed by atoms with Gasteiger partial charge in [0.05, 0.1) is 32.5 Å². The maximum absolute atomic E-state index is 5.87. The summed E-state index contributed by atoms with van der Waals surface area (Å²) in [5.41, 5.74) is 5.87. The van der Waals surface area contributed by atoms with Crippen LogP contribution in [-0.2, 0) is 14.2 Å². The van der Waals surface area contributed by atoms with E-state index in [9.17, 15) is 0 Å². The molecule has 4 heteroatoms. The number of allylic oxidation sites excluding steroid dienone is 1. The summed E-state index contributed by atoms with van der Waals surface area (Å²) in [4.78, 5) is 0. The van der Waals surface area contributed by atoms with Crippen molar-refractivity contribution in [2.24, 2.45) is 5.73 Å². The standard InChI is InChI=1S/C10H19NO3/c1-12-6-7-13-8-9(11)10-4-2-3-5-14-10/h4,9H,2-3,5-8,11H2,1H3. The molecule has 0 fully saturated rings. The van der Waals surface area contributed by atoms with Crippen molar-refractivity contribution in [1.29, 1.82) is 0 Å². The lowest BCUT2D eigenvalue weighted by atomic mass is 10.2. The Morgan fingerprint density at radius 1 is 1.57 bits per heavy atom. The Morgan fingerprint density at radius 3 is 3.07 bits per heavy atom. The normalized spacial score (nSPS) is 18.6. The van der Waals surface area contributed by atoms with Crippen molar-refractivity contribution in [3.63, 3.8) is 0 Å². The lowest BCUT2D eigenvalue weighted by Gasteiger charge is -2.20. The highest BCUT2D eigenvalue weighted by Crippen LogP contribution is 2.12. The van der Waals surface area contributed by atoms with Crippen molar-refractivity contribution < 1.29 is 14.2 Å². The molecule has 0 spiro atoms. The molecule has 1 heterocycles. The van der Waals surface area contributed by atoms with Crippen molar-refractivity contribution in [2.45, 2.75) is 18.9 Å². The fourth-order valence-electron chi connectivity index (χ4n) is 1.27. The molecule has 0 aromatic carbocycles. The molecule has 0 bridgehead atoms. The molecule has 0 radical (unpaired) electrons. The first-order valence-corrected chi connectivity index (χ1v) is 4.99. The summed E-state index contributed by atoms with van der Waals surface area (Å²) in [6, 6.07) is -0.132. The molecule has 0 amide bonds. The van der Waals surface area contributed by atoms with Gasteiger partial charge in [0, 0.05) is 7.11 Å². The van der Waals surface area contributed by atoms with Crippen LogP contribution in [0.3, 0.4) is 0 Å². The summed E-state index contributed by atoms with van der Waals surface area (Å²) < 4.78 is 15.6. The van der Waals surface area contributed by atoms with E-state index in [1.54, 1.807) is 7.11 Å². The van der Waals surface area contributed by atoms with Gasteiger partial charge in [-0.3, -0.25) is 0 Å². The molecule has 1 rings (SSSR count). The highest BCUT2D eigenvalue weighted by atomic mass is 16.5. The average Bonchev–Trinajstić information content (AvgIpc) is 2.25. The molecule has 82 valence electrons. The van der Waals surface area contributed by atoms with Gasteiger partial charge in [-0.15, -0.1) is 0 Å². The van der Waals surface area contributed by atoms with Gasteiger partial charge >= 0.3 is 0 Å². The van der Waals surface area contributed by atoms with Crippen LogP contribution < -0.4 is 5.73 Å². The Balaban J connectivity index is 2.13. The molecular weight excluding hydrogens is 182 g/mol. The van der Waals surface area contributed by atoms with Gasteiger partial charge in [0.2, 0.25) is 0 Å². The molecule has 0 saturated carbocycles. The molecule has 0 aromatic rings. The van der Waals surface area contributed by atoms with E-state index < -0.39 is 0 Å². The predicted octanol–water partition coefficient (Wildman–Crippen LogP) is 0.671. The minimum absolute atomic E-state index is 0.132. The third-order valence-electron chi connectivity index (χ3n) is 2.06. The highest BCUT2D eigenvalue weighted by Gasteiger charge is 2.13. The van der Waals surface area contributed by atoms with E-state index in [4.69, 9.17) is 19.9 Å². The third kappa shape index (κ3) is 4.09. The van der Waals surface area contributed by atoms with Crippen LogP contribution in [-0.4, -0.2) is 39.6 Å².